The number of rotatable bonds is 4. The Bertz CT molecular complexity index is 606. The van der Waals surface area contributed by atoms with E-state index in [2.05, 4.69) is 15.9 Å². The maximum absolute atomic E-state index is 14.4. The SMILES string of the molecule is COCC(O)(c1ccccc1)c1ccc(Br)c(Cl)c1F. The van der Waals surface area contributed by atoms with E-state index >= 15 is 0 Å². The monoisotopic (exact) mass is 358 g/mol. The van der Waals surface area contributed by atoms with Crippen LogP contribution in [0.1, 0.15) is 11.1 Å². The Balaban J connectivity index is 2.63. The topological polar surface area (TPSA) is 29.5 Å². The predicted octanol–water partition coefficient (Wildman–Crippen LogP) is 4.12. The Hall–Kier alpha value is -0.940. The quantitative estimate of drug-likeness (QED) is 0.832. The largest absolute Gasteiger partial charge is 0.381 e. The summed E-state index contributed by atoms with van der Waals surface area (Å²) in [7, 11) is 1.45. The van der Waals surface area contributed by atoms with Crippen LogP contribution in [0.2, 0.25) is 5.02 Å². The van der Waals surface area contributed by atoms with Crippen LogP contribution in [0.4, 0.5) is 4.39 Å². The number of halogens is 3. The summed E-state index contributed by atoms with van der Waals surface area (Å²) in [4.78, 5) is 0. The van der Waals surface area contributed by atoms with Crippen molar-refractivity contribution in [2.24, 2.45) is 0 Å². The van der Waals surface area contributed by atoms with Gasteiger partial charge in [-0.3, -0.25) is 0 Å². The number of hydrogen-bond donors (Lipinski definition) is 1. The first-order chi connectivity index (χ1) is 9.50. The minimum absolute atomic E-state index is 0.0621. The molecule has 0 saturated carbocycles. The third kappa shape index (κ3) is 2.74. The average Bonchev–Trinajstić information content (AvgIpc) is 2.46. The van der Waals surface area contributed by atoms with Gasteiger partial charge in [0.05, 0.1) is 11.6 Å². The standard InChI is InChI=1S/C15H13BrClFO2/c1-20-9-15(19,10-5-3-2-4-6-10)11-7-8-12(16)13(17)14(11)18/h2-8,19H,9H2,1H3. The Morgan fingerprint density at radius 1 is 1.25 bits per heavy atom. The van der Waals surface area contributed by atoms with Crippen LogP contribution in [0.25, 0.3) is 0 Å². The lowest BCUT2D eigenvalue weighted by atomic mass is 9.86. The molecule has 0 aromatic heterocycles. The Labute approximate surface area is 130 Å². The highest BCUT2D eigenvalue weighted by atomic mass is 79.9. The minimum Gasteiger partial charge on any atom is -0.381 e. The summed E-state index contributed by atoms with van der Waals surface area (Å²) in [6.45, 7) is -0.0775. The number of aliphatic hydroxyl groups is 1. The van der Waals surface area contributed by atoms with E-state index in [0.717, 1.165) is 0 Å². The fourth-order valence-electron chi connectivity index (χ4n) is 2.08. The van der Waals surface area contributed by atoms with Crippen molar-refractivity contribution in [2.75, 3.05) is 13.7 Å². The first kappa shape index (κ1) is 15.4. The van der Waals surface area contributed by atoms with Crippen molar-refractivity contribution in [3.05, 3.63) is 68.9 Å². The van der Waals surface area contributed by atoms with E-state index in [1.165, 1.54) is 13.2 Å². The molecule has 0 fully saturated rings. The normalized spacial score (nSPS) is 14.1. The Morgan fingerprint density at radius 3 is 2.50 bits per heavy atom. The molecule has 1 N–H and O–H groups in total. The molecule has 0 saturated heterocycles. The second-order valence-electron chi connectivity index (χ2n) is 4.38. The van der Waals surface area contributed by atoms with E-state index in [4.69, 9.17) is 16.3 Å². The molecule has 0 radical (unpaired) electrons. The number of methoxy groups -OCH3 is 1. The molecular weight excluding hydrogens is 347 g/mol. The van der Waals surface area contributed by atoms with Crippen molar-refractivity contribution in [3.8, 4) is 0 Å². The van der Waals surface area contributed by atoms with Crippen LogP contribution in [0.3, 0.4) is 0 Å². The van der Waals surface area contributed by atoms with Crippen LogP contribution in [0, 0.1) is 5.82 Å². The summed E-state index contributed by atoms with van der Waals surface area (Å²) in [6, 6.07) is 11.9. The molecule has 20 heavy (non-hydrogen) atoms. The first-order valence-electron chi connectivity index (χ1n) is 5.91. The van der Waals surface area contributed by atoms with E-state index in [1.54, 1.807) is 30.3 Å². The highest BCUT2D eigenvalue weighted by Gasteiger charge is 2.35. The summed E-state index contributed by atoms with van der Waals surface area (Å²) in [5.74, 6) is -0.663. The van der Waals surface area contributed by atoms with Gasteiger partial charge in [-0.2, -0.15) is 0 Å². The van der Waals surface area contributed by atoms with E-state index < -0.39 is 11.4 Å². The lowest BCUT2D eigenvalue weighted by Gasteiger charge is -2.29. The van der Waals surface area contributed by atoms with Crippen molar-refractivity contribution in [2.45, 2.75) is 5.60 Å². The highest BCUT2D eigenvalue weighted by molar-refractivity contribution is 9.10. The molecule has 0 spiro atoms. The molecule has 0 aliphatic heterocycles. The molecule has 2 aromatic carbocycles. The molecular formula is C15H13BrClFO2. The zero-order valence-electron chi connectivity index (χ0n) is 10.7. The molecule has 2 nitrogen and oxygen atoms in total. The molecule has 0 amide bonds. The van der Waals surface area contributed by atoms with Gasteiger partial charge in [0.2, 0.25) is 0 Å². The third-order valence-electron chi connectivity index (χ3n) is 3.09. The smallest absolute Gasteiger partial charge is 0.149 e. The summed E-state index contributed by atoms with van der Waals surface area (Å²) in [6.07, 6.45) is 0. The van der Waals surface area contributed by atoms with E-state index in [1.807, 2.05) is 6.07 Å². The summed E-state index contributed by atoms with van der Waals surface area (Å²) in [5, 5.41) is 10.8. The molecule has 1 unspecified atom stereocenters. The van der Waals surface area contributed by atoms with Crippen molar-refractivity contribution < 1.29 is 14.2 Å². The highest BCUT2D eigenvalue weighted by Crippen LogP contribution is 2.36. The fourth-order valence-corrected chi connectivity index (χ4v) is 2.56. The fraction of sp³-hybridized carbons (Fsp3) is 0.200. The molecule has 5 heteroatoms. The molecule has 0 aliphatic carbocycles. The van der Waals surface area contributed by atoms with Crippen LogP contribution >= 0.6 is 27.5 Å². The second-order valence-corrected chi connectivity index (χ2v) is 5.61. The van der Waals surface area contributed by atoms with Gasteiger partial charge in [-0.25, -0.2) is 4.39 Å². The second kappa shape index (κ2) is 6.22. The van der Waals surface area contributed by atoms with Gasteiger partial charge in [0.1, 0.15) is 11.4 Å². The maximum Gasteiger partial charge on any atom is 0.149 e. The van der Waals surface area contributed by atoms with Gasteiger partial charge in [0, 0.05) is 17.1 Å². The van der Waals surface area contributed by atoms with Gasteiger partial charge in [0.15, 0.2) is 0 Å². The molecule has 0 heterocycles. The van der Waals surface area contributed by atoms with Crippen LogP contribution < -0.4 is 0 Å². The van der Waals surface area contributed by atoms with Gasteiger partial charge >= 0.3 is 0 Å². The van der Waals surface area contributed by atoms with Gasteiger partial charge in [-0.15, -0.1) is 0 Å². The van der Waals surface area contributed by atoms with Gasteiger partial charge in [0.25, 0.3) is 0 Å². The number of hydrogen-bond acceptors (Lipinski definition) is 2. The maximum atomic E-state index is 14.4. The lowest BCUT2D eigenvalue weighted by Crippen LogP contribution is -2.33. The molecule has 0 aliphatic rings. The van der Waals surface area contributed by atoms with Crippen molar-refractivity contribution >= 4 is 27.5 Å². The van der Waals surface area contributed by atoms with Crippen LogP contribution in [0.5, 0.6) is 0 Å². The number of ether oxygens (including phenoxy) is 1. The van der Waals surface area contributed by atoms with Gasteiger partial charge in [-0.05, 0) is 27.6 Å². The zero-order chi connectivity index (χ0) is 14.8. The molecule has 2 aromatic rings. The van der Waals surface area contributed by atoms with E-state index in [0.29, 0.717) is 10.0 Å². The zero-order valence-corrected chi connectivity index (χ0v) is 13.1. The third-order valence-corrected chi connectivity index (χ3v) is 4.34. The lowest BCUT2D eigenvalue weighted by molar-refractivity contribution is -0.00569. The van der Waals surface area contributed by atoms with Crippen LogP contribution in [0.15, 0.2) is 46.9 Å². The molecule has 0 bridgehead atoms. The Morgan fingerprint density at radius 2 is 1.90 bits per heavy atom. The van der Waals surface area contributed by atoms with Crippen molar-refractivity contribution in [1.82, 2.24) is 0 Å². The van der Waals surface area contributed by atoms with E-state index in [9.17, 15) is 9.50 Å². The number of benzene rings is 2. The minimum atomic E-state index is -1.59. The van der Waals surface area contributed by atoms with Crippen molar-refractivity contribution in [3.63, 3.8) is 0 Å². The summed E-state index contributed by atoms with van der Waals surface area (Å²) < 4.78 is 19.9. The Kier molecular flexibility index (Phi) is 4.81. The van der Waals surface area contributed by atoms with Crippen LogP contribution in [-0.2, 0) is 10.3 Å². The average molecular weight is 360 g/mol. The first-order valence-corrected chi connectivity index (χ1v) is 7.08. The molecule has 1 atom stereocenters. The predicted molar refractivity (Wildman–Crippen MR) is 80.4 cm³/mol. The van der Waals surface area contributed by atoms with Crippen LogP contribution in [-0.4, -0.2) is 18.8 Å². The summed E-state index contributed by atoms with van der Waals surface area (Å²) in [5.41, 5.74) is -0.970. The van der Waals surface area contributed by atoms with E-state index in [-0.39, 0.29) is 17.2 Å². The van der Waals surface area contributed by atoms with Gasteiger partial charge < -0.3 is 9.84 Å². The van der Waals surface area contributed by atoms with Gasteiger partial charge in [-0.1, -0.05) is 48.0 Å². The summed E-state index contributed by atoms with van der Waals surface area (Å²) >= 11 is 9.06. The molecule has 2 rings (SSSR count). The molecule has 106 valence electrons. The van der Waals surface area contributed by atoms with Crippen molar-refractivity contribution in [1.29, 1.82) is 0 Å².